The number of thioether (sulfide) groups is 1. The lowest BCUT2D eigenvalue weighted by Crippen LogP contribution is -2.46. The van der Waals surface area contributed by atoms with Gasteiger partial charge in [0.05, 0.1) is 4.90 Å². The van der Waals surface area contributed by atoms with E-state index in [9.17, 15) is 13.2 Å². The van der Waals surface area contributed by atoms with Crippen LogP contribution in [0.3, 0.4) is 0 Å². The number of hydrogen-bond donors (Lipinski definition) is 2. The molecule has 8 heteroatoms. The van der Waals surface area contributed by atoms with Gasteiger partial charge in [-0.05, 0) is 61.1 Å². The second-order valence-corrected chi connectivity index (χ2v) is 10.0. The van der Waals surface area contributed by atoms with Crippen molar-refractivity contribution in [2.45, 2.75) is 36.7 Å². The summed E-state index contributed by atoms with van der Waals surface area (Å²) >= 11 is 1.58. The third-order valence-corrected chi connectivity index (χ3v) is 7.28. The van der Waals surface area contributed by atoms with Gasteiger partial charge in [-0.15, -0.1) is 0 Å². The van der Waals surface area contributed by atoms with Gasteiger partial charge in [-0.3, -0.25) is 4.79 Å². The second kappa shape index (κ2) is 10.8. The number of amides is 1. The van der Waals surface area contributed by atoms with Gasteiger partial charge in [-0.2, -0.15) is 16.5 Å². The monoisotopic (exact) mass is 447 g/mol. The highest BCUT2D eigenvalue weighted by atomic mass is 32.2. The van der Waals surface area contributed by atoms with Crippen LogP contribution in [0.1, 0.15) is 24.8 Å². The summed E-state index contributed by atoms with van der Waals surface area (Å²) in [5.41, 5.74) is 2.19. The predicted molar refractivity (Wildman–Crippen MR) is 123 cm³/mol. The van der Waals surface area contributed by atoms with Crippen LogP contribution in [-0.2, 0) is 21.4 Å². The molecule has 0 bridgehead atoms. The minimum Gasteiger partial charge on any atom is -0.372 e. The Bertz CT molecular complexity index is 912. The maximum absolute atomic E-state index is 12.8. The predicted octanol–water partition coefficient (Wildman–Crippen LogP) is 3.00. The number of sulfonamides is 1. The second-order valence-electron chi connectivity index (χ2n) is 7.35. The van der Waals surface area contributed by atoms with Gasteiger partial charge in [0.1, 0.15) is 6.04 Å². The number of nitrogens with zero attached hydrogens (tertiary/aromatic N) is 1. The van der Waals surface area contributed by atoms with E-state index in [1.165, 1.54) is 30.7 Å². The zero-order valence-corrected chi connectivity index (χ0v) is 18.8. The third-order valence-electron chi connectivity index (χ3n) is 5.15. The van der Waals surface area contributed by atoms with E-state index in [0.717, 1.165) is 18.7 Å². The summed E-state index contributed by atoms with van der Waals surface area (Å²) in [6, 6.07) is 15.5. The van der Waals surface area contributed by atoms with Crippen molar-refractivity contribution in [3.63, 3.8) is 0 Å². The minimum absolute atomic E-state index is 0.157. The van der Waals surface area contributed by atoms with Crippen molar-refractivity contribution >= 4 is 33.4 Å². The quantitative estimate of drug-likeness (QED) is 0.585. The van der Waals surface area contributed by atoms with Crippen molar-refractivity contribution in [2.24, 2.45) is 0 Å². The smallest absolute Gasteiger partial charge is 0.241 e. The molecule has 162 valence electrons. The van der Waals surface area contributed by atoms with Gasteiger partial charge in [-0.25, -0.2) is 8.42 Å². The lowest BCUT2D eigenvalue weighted by molar-refractivity contribution is -0.122. The maximum atomic E-state index is 12.8. The van der Waals surface area contributed by atoms with Crippen molar-refractivity contribution in [1.29, 1.82) is 0 Å². The van der Waals surface area contributed by atoms with Crippen LogP contribution in [-0.4, -0.2) is 45.5 Å². The van der Waals surface area contributed by atoms with E-state index in [4.69, 9.17) is 0 Å². The van der Waals surface area contributed by atoms with Crippen LogP contribution >= 0.6 is 11.8 Å². The van der Waals surface area contributed by atoms with Crippen LogP contribution < -0.4 is 14.9 Å². The Labute approximate surface area is 183 Å². The Morgan fingerprint density at radius 1 is 1.07 bits per heavy atom. The van der Waals surface area contributed by atoms with Crippen LogP contribution in [0.2, 0.25) is 0 Å². The summed E-state index contributed by atoms with van der Waals surface area (Å²) in [6.45, 7) is 2.55. The lowest BCUT2D eigenvalue weighted by atomic mass is 10.1. The van der Waals surface area contributed by atoms with Crippen molar-refractivity contribution in [3.05, 3.63) is 60.2 Å². The van der Waals surface area contributed by atoms with Gasteiger partial charge in [0.2, 0.25) is 15.9 Å². The molecule has 3 rings (SSSR count). The third kappa shape index (κ3) is 6.23. The summed E-state index contributed by atoms with van der Waals surface area (Å²) in [7, 11) is -3.76. The number of carbonyl (C=O) groups excluding carboxylic acids is 1. The number of anilines is 1. The highest BCUT2D eigenvalue weighted by Crippen LogP contribution is 2.20. The molecule has 1 amide bonds. The molecule has 1 aliphatic heterocycles. The molecular formula is C22H29N3O3S2. The summed E-state index contributed by atoms with van der Waals surface area (Å²) < 4.78 is 27.9. The molecule has 1 saturated heterocycles. The van der Waals surface area contributed by atoms with Crippen LogP contribution in [0, 0.1) is 0 Å². The fourth-order valence-electron chi connectivity index (χ4n) is 3.45. The van der Waals surface area contributed by atoms with E-state index in [-0.39, 0.29) is 10.8 Å². The minimum atomic E-state index is -3.76. The number of benzene rings is 2. The van der Waals surface area contributed by atoms with Crippen LogP contribution in [0.15, 0.2) is 59.5 Å². The largest absolute Gasteiger partial charge is 0.372 e. The Hall–Kier alpha value is -2.03. The zero-order valence-electron chi connectivity index (χ0n) is 17.2. The number of nitrogens with one attached hydrogen (secondary N) is 2. The topological polar surface area (TPSA) is 78.5 Å². The number of hydrogen-bond acceptors (Lipinski definition) is 5. The summed E-state index contributed by atoms with van der Waals surface area (Å²) in [5.74, 6) is 0.368. The van der Waals surface area contributed by atoms with E-state index in [1.807, 2.05) is 18.4 Å². The lowest BCUT2D eigenvalue weighted by Gasteiger charge is -2.19. The van der Waals surface area contributed by atoms with Crippen LogP contribution in [0.5, 0.6) is 0 Å². The molecule has 2 N–H and O–H groups in total. The van der Waals surface area contributed by atoms with E-state index in [0.29, 0.717) is 18.7 Å². The van der Waals surface area contributed by atoms with E-state index in [1.54, 1.807) is 30.0 Å². The summed E-state index contributed by atoms with van der Waals surface area (Å²) in [4.78, 5) is 15.3. The first-order chi connectivity index (χ1) is 14.5. The molecule has 2 aromatic carbocycles. The van der Waals surface area contributed by atoms with Gasteiger partial charge in [0, 0.05) is 25.3 Å². The Morgan fingerprint density at radius 2 is 1.73 bits per heavy atom. The zero-order chi connectivity index (χ0) is 21.4. The van der Waals surface area contributed by atoms with Gasteiger partial charge in [0.15, 0.2) is 0 Å². The summed E-state index contributed by atoms with van der Waals surface area (Å²) in [5, 5.41) is 2.88. The fraction of sp³-hybridized carbons (Fsp3) is 0.409. The van der Waals surface area contributed by atoms with Crippen molar-refractivity contribution in [2.75, 3.05) is 30.0 Å². The van der Waals surface area contributed by atoms with Gasteiger partial charge in [-0.1, -0.05) is 30.3 Å². The number of carbonyl (C=O) groups is 1. The van der Waals surface area contributed by atoms with E-state index >= 15 is 0 Å². The molecule has 1 unspecified atom stereocenters. The molecule has 1 atom stereocenters. The normalized spacial score (nSPS) is 15.2. The maximum Gasteiger partial charge on any atom is 0.241 e. The molecule has 0 spiro atoms. The Morgan fingerprint density at radius 3 is 2.37 bits per heavy atom. The molecule has 1 heterocycles. The molecule has 30 heavy (non-hydrogen) atoms. The molecule has 0 aliphatic carbocycles. The highest BCUT2D eigenvalue weighted by molar-refractivity contribution is 7.98. The molecule has 6 nitrogen and oxygen atoms in total. The first-order valence-electron chi connectivity index (χ1n) is 10.2. The average Bonchev–Trinajstić information content (AvgIpc) is 3.31. The fourth-order valence-corrected chi connectivity index (χ4v) is 5.17. The van der Waals surface area contributed by atoms with Crippen molar-refractivity contribution in [1.82, 2.24) is 10.0 Å². The van der Waals surface area contributed by atoms with Gasteiger partial charge >= 0.3 is 0 Å². The van der Waals surface area contributed by atoms with Gasteiger partial charge < -0.3 is 10.2 Å². The summed E-state index contributed by atoms with van der Waals surface area (Å²) in [6.07, 6.45) is 4.82. The molecule has 0 aromatic heterocycles. The highest BCUT2D eigenvalue weighted by Gasteiger charge is 2.25. The number of rotatable bonds is 10. The Kier molecular flexibility index (Phi) is 8.18. The van der Waals surface area contributed by atoms with Crippen molar-refractivity contribution < 1.29 is 13.2 Å². The molecule has 0 radical (unpaired) electrons. The molecule has 1 aliphatic rings. The molecule has 2 aromatic rings. The first-order valence-corrected chi connectivity index (χ1v) is 13.1. The van der Waals surface area contributed by atoms with Gasteiger partial charge in [0.25, 0.3) is 0 Å². The van der Waals surface area contributed by atoms with E-state index < -0.39 is 16.1 Å². The Balaban J connectivity index is 1.60. The molecule has 0 saturated carbocycles. The van der Waals surface area contributed by atoms with Crippen LogP contribution in [0.25, 0.3) is 0 Å². The molecule has 1 fully saturated rings. The SMILES string of the molecule is CSCCC(NS(=O)(=O)c1ccccc1)C(=O)NCc1ccc(N2CCCC2)cc1. The van der Waals surface area contributed by atoms with Crippen LogP contribution in [0.4, 0.5) is 5.69 Å². The molecular weight excluding hydrogens is 418 g/mol. The van der Waals surface area contributed by atoms with E-state index in [2.05, 4.69) is 27.1 Å². The standard InChI is InChI=1S/C22H29N3O3S2/c1-29-16-13-21(24-30(27,28)20-7-3-2-4-8-20)22(26)23-17-18-9-11-19(12-10-18)25-14-5-6-15-25/h2-4,7-12,21,24H,5-6,13-17H2,1H3,(H,23,26). The first kappa shape index (κ1) is 22.7. The average molecular weight is 448 g/mol. The van der Waals surface area contributed by atoms with Crippen molar-refractivity contribution in [3.8, 4) is 0 Å².